The van der Waals surface area contributed by atoms with Crippen molar-refractivity contribution in [3.63, 3.8) is 0 Å². The molecule has 96 valence electrons. The minimum absolute atomic E-state index is 0.326. The van der Waals surface area contributed by atoms with Crippen molar-refractivity contribution in [1.29, 1.82) is 0 Å². The Balaban J connectivity index is 2.18. The van der Waals surface area contributed by atoms with Crippen LogP contribution in [0.15, 0.2) is 17.5 Å². The molecule has 1 heterocycles. The van der Waals surface area contributed by atoms with E-state index in [-0.39, 0.29) is 0 Å². The molecular weight excluding hydrogens is 291 g/mol. The van der Waals surface area contributed by atoms with Crippen LogP contribution in [0, 0.1) is 6.92 Å². The van der Waals surface area contributed by atoms with Gasteiger partial charge in [-0.3, -0.25) is 0 Å². The second-order valence-corrected chi connectivity index (χ2v) is 5.54. The van der Waals surface area contributed by atoms with E-state index in [2.05, 4.69) is 4.98 Å². The number of aromatic nitrogens is 1. The first kappa shape index (κ1) is 13.6. The number of rotatable bonds is 4. The van der Waals surface area contributed by atoms with Crippen molar-refractivity contribution < 1.29 is 4.74 Å². The van der Waals surface area contributed by atoms with Crippen molar-refractivity contribution in [1.82, 2.24) is 4.98 Å². The first-order chi connectivity index (χ1) is 8.60. The normalized spacial score (nSPS) is 10.7. The molecule has 2 rings (SSSR count). The topological polar surface area (TPSA) is 48.1 Å². The molecule has 0 amide bonds. The minimum atomic E-state index is 0.326. The Kier molecular flexibility index (Phi) is 4.45. The fraction of sp³-hybridized carbons (Fsp3) is 0.250. The van der Waals surface area contributed by atoms with Gasteiger partial charge in [0.25, 0.3) is 0 Å². The molecule has 0 fully saturated rings. The monoisotopic (exact) mass is 302 g/mol. The first-order valence-corrected chi connectivity index (χ1v) is 6.95. The molecular formula is C12H12Cl2N2OS. The first-order valence-electron chi connectivity index (χ1n) is 5.32. The van der Waals surface area contributed by atoms with Crippen LogP contribution < -0.4 is 10.5 Å². The number of nitrogens with two attached hydrogens (primary N) is 1. The zero-order valence-corrected chi connectivity index (χ0v) is 12.1. The van der Waals surface area contributed by atoms with Crippen LogP contribution in [0.2, 0.25) is 10.0 Å². The summed E-state index contributed by atoms with van der Waals surface area (Å²) in [6.07, 6.45) is 0. The average molecular weight is 303 g/mol. The molecule has 0 spiro atoms. The average Bonchev–Trinajstić information content (AvgIpc) is 2.73. The highest BCUT2D eigenvalue weighted by Gasteiger charge is 2.10. The third-order valence-corrected chi connectivity index (χ3v) is 3.75. The highest BCUT2D eigenvalue weighted by atomic mass is 35.5. The summed E-state index contributed by atoms with van der Waals surface area (Å²) >= 11 is 13.6. The second kappa shape index (κ2) is 5.89. The maximum absolute atomic E-state index is 6.10. The fourth-order valence-corrected chi connectivity index (χ4v) is 2.80. The van der Waals surface area contributed by atoms with Gasteiger partial charge >= 0.3 is 0 Å². The van der Waals surface area contributed by atoms with Gasteiger partial charge in [-0.1, -0.05) is 23.2 Å². The predicted octanol–water partition coefficient (Wildman–Crippen LogP) is 3.80. The molecule has 3 nitrogen and oxygen atoms in total. The molecule has 0 saturated carbocycles. The molecule has 0 unspecified atom stereocenters. The van der Waals surface area contributed by atoms with E-state index < -0.39 is 0 Å². The van der Waals surface area contributed by atoms with Gasteiger partial charge in [0.15, 0.2) is 0 Å². The van der Waals surface area contributed by atoms with Gasteiger partial charge in [0.1, 0.15) is 17.4 Å². The van der Waals surface area contributed by atoms with E-state index in [9.17, 15) is 0 Å². The van der Waals surface area contributed by atoms with E-state index >= 15 is 0 Å². The van der Waals surface area contributed by atoms with Crippen LogP contribution in [0.5, 0.6) is 5.75 Å². The Bertz CT molecular complexity index is 557. The highest BCUT2D eigenvalue weighted by Crippen LogP contribution is 2.32. The van der Waals surface area contributed by atoms with E-state index in [1.54, 1.807) is 23.5 Å². The van der Waals surface area contributed by atoms with E-state index in [0.29, 0.717) is 28.9 Å². The molecule has 1 aromatic heterocycles. The Hall–Kier alpha value is -0.810. The maximum Gasteiger partial charge on any atom is 0.143 e. The lowest BCUT2D eigenvalue weighted by Gasteiger charge is -2.11. The lowest BCUT2D eigenvalue weighted by molar-refractivity contribution is 0.302. The third kappa shape index (κ3) is 3.14. The summed E-state index contributed by atoms with van der Waals surface area (Å²) in [6.45, 7) is 2.65. The Morgan fingerprint density at radius 2 is 2.17 bits per heavy atom. The lowest BCUT2D eigenvalue weighted by atomic mass is 10.2. The second-order valence-electron chi connectivity index (χ2n) is 3.75. The summed E-state index contributed by atoms with van der Waals surface area (Å²) in [5, 5.41) is 3.90. The van der Waals surface area contributed by atoms with Crippen molar-refractivity contribution in [3.8, 4) is 5.75 Å². The third-order valence-electron chi connectivity index (χ3n) is 2.31. The van der Waals surface area contributed by atoms with E-state index in [1.165, 1.54) is 0 Å². The molecule has 0 saturated heterocycles. The van der Waals surface area contributed by atoms with Gasteiger partial charge in [-0.15, -0.1) is 11.3 Å². The number of nitrogens with zero attached hydrogens (tertiary/aromatic N) is 1. The Labute approximate surface area is 120 Å². The van der Waals surface area contributed by atoms with Gasteiger partial charge in [0.05, 0.1) is 5.02 Å². The van der Waals surface area contributed by atoms with Crippen LogP contribution in [0.3, 0.4) is 0 Å². The van der Waals surface area contributed by atoms with Crippen LogP contribution in [0.1, 0.15) is 16.3 Å². The van der Waals surface area contributed by atoms with Crippen LogP contribution >= 0.6 is 34.5 Å². The number of thiazole rings is 1. The molecule has 1 aromatic carbocycles. The van der Waals surface area contributed by atoms with E-state index in [0.717, 1.165) is 16.3 Å². The summed E-state index contributed by atoms with van der Waals surface area (Å²) in [5.41, 5.74) is 7.43. The van der Waals surface area contributed by atoms with Gasteiger partial charge < -0.3 is 10.5 Å². The van der Waals surface area contributed by atoms with Crippen LogP contribution in [0.4, 0.5) is 0 Å². The van der Waals surface area contributed by atoms with Crippen LogP contribution in [-0.2, 0) is 13.2 Å². The lowest BCUT2D eigenvalue weighted by Crippen LogP contribution is -2.03. The Morgan fingerprint density at radius 3 is 2.78 bits per heavy atom. The fourth-order valence-electron chi connectivity index (χ4n) is 1.53. The molecule has 0 atom stereocenters. The van der Waals surface area contributed by atoms with E-state index in [4.69, 9.17) is 33.7 Å². The molecule has 2 aromatic rings. The standard InChI is InChI=1S/C12H12Cl2N2OS/c1-7-6-18-11(16-7)5-17-12-8(4-15)2-9(13)3-10(12)14/h2-3,6H,4-5,15H2,1H3. The summed E-state index contributed by atoms with van der Waals surface area (Å²) in [4.78, 5) is 4.32. The van der Waals surface area contributed by atoms with Crippen molar-refractivity contribution in [2.24, 2.45) is 5.73 Å². The van der Waals surface area contributed by atoms with Crippen molar-refractivity contribution in [2.45, 2.75) is 20.1 Å². The molecule has 0 radical (unpaired) electrons. The van der Waals surface area contributed by atoms with Crippen LogP contribution in [0.25, 0.3) is 0 Å². The highest BCUT2D eigenvalue weighted by molar-refractivity contribution is 7.09. The van der Waals surface area contributed by atoms with Gasteiger partial charge in [0, 0.05) is 28.2 Å². The zero-order valence-electron chi connectivity index (χ0n) is 9.74. The van der Waals surface area contributed by atoms with Crippen molar-refractivity contribution >= 4 is 34.5 Å². The SMILES string of the molecule is Cc1csc(COc2c(Cl)cc(Cl)cc2CN)n1. The van der Waals surface area contributed by atoms with Crippen molar-refractivity contribution in [3.05, 3.63) is 43.8 Å². The number of halogens is 2. The van der Waals surface area contributed by atoms with Crippen molar-refractivity contribution in [2.75, 3.05) is 0 Å². The van der Waals surface area contributed by atoms with Crippen LogP contribution in [-0.4, -0.2) is 4.98 Å². The van der Waals surface area contributed by atoms with Gasteiger partial charge in [-0.25, -0.2) is 4.98 Å². The predicted molar refractivity (Wildman–Crippen MR) is 75.5 cm³/mol. The number of hydrogen-bond donors (Lipinski definition) is 1. The smallest absolute Gasteiger partial charge is 0.143 e. The number of benzene rings is 1. The quantitative estimate of drug-likeness (QED) is 0.934. The molecule has 2 N–H and O–H groups in total. The summed E-state index contributed by atoms with van der Waals surface area (Å²) in [5.74, 6) is 0.580. The molecule has 6 heteroatoms. The summed E-state index contributed by atoms with van der Waals surface area (Å²) in [7, 11) is 0. The molecule has 0 bridgehead atoms. The van der Waals surface area contributed by atoms with Gasteiger partial charge in [-0.2, -0.15) is 0 Å². The molecule has 0 aliphatic heterocycles. The Morgan fingerprint density at radius 1 is 1.39 bits per heavy atom. The summed E-state index contributed by atoms with van der Waals surface area (Å²) < 4.78 is 5.69. The number of hydrogen-bond acceptors (Lipinski definition) is 4. The molecule has 18 heavy (non-hydrogen) atoms. The molecule has 0 aliphatic rings. The van der Waals surface area contributed by atoms with Gasteiger partial charge in [0.2, 0.25) is 0 Å². The summed E-state index contributed by atoms with van der Waals surface area (Å²) in [6, 6.07) is 3.40. The number of aryl methyl sites for hydroxylation is 1. The van der Waals surface area contributed by atoms with E-state index in [1.807, 2.05) is 12.3 Å². The number of ether oxygens (including phenoxy) is 1. The molecule has 0 aliphatic carbocycles. The maximum atomic E-state index is 6.10. The largest absolute Gasteiger partial charge is 0.485 e. The van der Waals surface area contributed by atoms with Gasteiger partial charge in [-0.05, 0) is 19.1 Å². The minimum Gasteiger partial charge on any atom is -0.485 e. The zero-order chi connectivity index (χ0) is 13.1.